The van der Waals surface area contributed by atoms with Crippen LogP contribution in [0, 0.1) is 0 Å². The molecule has 0 aliphatic rings. The highest BCUT2D eigenvalue weighted by molar-refractivity contribution is 5.97. The highest BCUT2D eigenvalue weighted by atomic mass is 16.4. The predicted octanol–water partition coefficient (Wildman–Crippen LogP) is 0.501. The van der Waals surface area contributed by atoms with Crippen LogP contribution in [0.5, 0.6) is 0 Å². The van der Waals surface area contributed by atoms with E-state index in [0.717, 1.165) is 5.56 Å². The number of amides is 1. The van der Waals surface area contributed by atoms with E-state index in [1.54, 1.807) is 18.2 Å². The Labute approximate surface area is 115 Å². The molecule has 7 heteroatoms. The van der Waals surface area contributed by atoms with Gasteiger partial charge in [0.1, 0.15) is 5.69 Å². The van der Waals surface area contributed by atoms with E-state index in [0.29, 0.717) is 12.1 Å². The number of nitrogens with two attached hydrogens (primary N) is 1. The molecule has 0 saturated heterocycles. The van der Waals surface area contributed by atoms with Gasteiger partial charge in [-0.1, -0.05) is 23.4 Å². The van der Waals surface area contributed by atoms with Gasteiger partial charge in [-0.25, -0.2) is 4.98 Å². The van der Waals surface area contributed by atoms with Crippen LogP contribution in [0.4, 0.5) is 0 Å². The maximum atomic E-state index is 11.8. The van der Waals surface area contributed by atoms with Gasteiger partial charge < -0.3 is 16.3 Å². The maximum absolute atomic E-state index is 11.8. The second-order valence-corrected chi connectivity index (χ2v) is 3.96. The van der Waals surface area contributed by atoms with Gasteiger partial charge in [0.25, 0.3) is 5.91 Å². The average Bonchev–Trinajstić information content (AvgIpc) is 2.53. The zero-order chi connectivity index (χ0) is 14.4. The van der Waals surface area contributed by atoms with Gasteiger partial charge in [-0.15, -0.1) is 0 Å². The molecular formula is C13H13N5O2. The van der Waals surface area contributed by atoms with Gasteiger partial charge in [-0.2, -0.15) is 0 Å². The van der Waals surface area contributed by atoms with Crippen LogP contribution in [0.2, 0.25) is 0 Å². The first-order valence-corrected chi connectivity index (χ1v) is 5.82. The van der Waals surface area contributed by atoms with Gasteiger partial charge in [-0.05, 0) is 11.6 Å². The molecule has 0 fully saturated rings. The van der Waals surface area contributed by atoms with Crippen molar-refractivity contribution in [3.63, 3.8) is 0 Å². The molecule has 1 aromatic carbocycles. The zero-order valence-electron chi connectivity index (χ0n) is 10.5. The van der Waals surface area contributed by atoms with E-state index in [2.05, 4.69) is 20.4 Å². The lowest BCUT2D eigenvalue weighted by molar-refractivity contribution is 0.0945. The van der Waals surface area contributed by atoms with Crippen molar-refractivity contribution in [2.24, 2.45) is 10.9 Å². The van der Waals surface area contributed by atoms with Crippen molar-refractivity contribution >= 4 is 11.7 Å². The van der Waals surface area contributed by atoms with Crippen molar-refractivity contribution < 1.29 is 10.0 Å². The number of hydrogen-bond acceptors (Lipinski definition) is 5. The number of carbonyl (C=O) groups is 1. The lowest BCUT2D eigenvalue weighted by atomic mass is 10.1. The first-order chi connectivity index (χ1) is 9.70. The molecule has 0 radical (unpaired) electrons. The Balaban J connectivity index is 2.03. The van der Waals surface area contributed by atoms with Gasteiger partial charge in [0, 0.05) is 24.5 Å². The summed E-state index contributed by atoms with van der Waals surface area (Å²) in [6.45, 7) is 0.307. The number of nitrogens with one attached hydrogen (secondary N) is 1. The van der Waals surface area contributed by atoms with Gasteiger partial charge in [0.05, 0.1) is 6.20 Å². The third-order valence-electron chi connectivity index (χ3n) is 2.58. The Kier molecular flexibility index (Phi) is 4.23. The van der Waals surface area contributed by atoms with Gasteiger partial charge in [0.2, 0.25) is 0 Å². The molecule has 0 unspecified atom stereocenters. The average molecular weight is 271 g/mol. The second kappa shape index (κ2) is 6.28. The number of aromatic nitrogens is 2. The third kappa shape index (κ3) is 3.29. The standard InChI is InChI=1S/C13H13N5O2/c14-12(18-20)10-3-1-2-9(6-10)7-17-13(19)11-8-15-4-5-16-11/h1-6,8,20H,7H2,(H2,14,18)(H,17,19). The van der Waals surface area contributed by atoms with Crippen LogP contribution in [0.15, 0.2) is 48.0 Å². The summed E-state index contributed by atoms with van der Waals surface area (Å²) < 4.78 is 0. The third-order valence-corrected chi connectivity index (χ3v) is 2.58. The quantitative estimate of drug-likeness (QED) is 0.324. The molecule has 2 aromatic rings. The molecule has 0 atom stereocenters. The SMILES string of the molecule is NC(=NO)c1cccc(CNC(=O)c2cnccn2)c1. The summed E-state index contributed by atoms with van der Waals surface area (Å²) in [5, 5.41) is 14.3. The molecule has 102 valence electrons. The Bertz CT molecular complexity index is 628. The van der Waals surface area contributed by atoms with Crippen LogP contribution < -0.4 is 11.1 Å². The first kappa shape index (κ1) is 13.5. The highest BCUT2D eigenvalue weighted by Crippen LogP contribution is 2.05. The van der Waals surface area contributed by atoms with Crippen LogP contribution in [0.1, 0.15) is 21.6 Å². The van der Waals surface area contributed by atoms with E-state index in [1.165, 1.54) is 18.6 Å². The van der Waals surface area contributed by atoms with E-state index in [-0.39, 0.29) is 17.4 Å². The van der Waals surface area contributed by atoms with Crippen LogP contribution in [-0.2, 0) is 6.54 Å². The topological polar surface area (TPSA) is 113 Å². The molecular weight excluding hydrogens is 258 g/mol. The summed E-state index contributed by atoms with van der Waals surface area (Å²) in [6.07, 6.45) is 4.34. The molecule has 7 nitrogen and oxygen atoms in total. The summed E-state index contributed by atoms with van der Waals surface area (Å²) in [6, 6.07) is 7.03. The molecule has 1 amide bonds. The van der Waals surface area contributed by atoms with Crippen molar-refractivity contribution in [3.8, 4) is 0 Å². The summed E-state index contributed by atoms with van der Waals surface area (Å²) in [4.78, 5) is 19.5. The van der Waals surface area contributed by atoms with Crippen molar-refractivity contribution in [1.29, 1.82) is 0 Å². The van der Waals surface area contributed by atoms with Crippen molar-refractivity contribution in [1.82, 2.24) is 15.3 Å². The smallest absolute Gasteiger partial charge is 0.271 e. The molecule has 0 bridgehead atoms. The van der Waals surface area contributed by atoms with Gasteiger partial charge in [-0.3, -0.25) is 9.78 Å². The summed E-state index contributed by atoms with van der Waals surface area (Å²) in [7, 11) is 0. The van der Waals surface area contributed by atoms with Crippen LogP contribution in [-0.4, -0.2) is 26.9 Å². The number of carbonyl (C=O) groups excluding carboxylic acids is 1. The maximum Gasteiger partial charge on any atom is 0.271 e. The minimum Gasteiger partial charge on any atom is -0.409 e. The highest BCUT2D eigenvalue weighted by Gasteiger charge is 2.07. The van der Waals surface area contributed by atoms with Gasteiger partial charge >= 0.3 is 0 Å². The molecule has 20 heavy (non-hydrogen) atoms. The lowest BCUT2D eigenvalue weighted by Gasteiger charge is -2.06. The van der Waals surface area contributed by atoms with Crippen LogP contribution in [0.3, 0.4) is 0 Å². The summed E-state index contributed by atoms with van der Waals surface area (Å²) in [5.41, 5.74) is 7.16. The minimum absolute atomic E-state index is 0.0205. The van der Waals surface area contributed by atoms with E-state index >= 15 is 0 Å². The fraction of sp³-hybridized carbons (Fsp3) is 0.0769. The molecule has 0 saturated carbocycles. The van der Waals surface area contributed by atoms with Crippen LogP contribution >= 0.6 is 0 Å². The molecule has 0 aliphatic heterocycles. The number of amidine groups is 1. The van der Waals surface area contributed by atoms with Gasteiger partial charge in [0.15, 0.2) is 5.84 Å². The second-order valence-electron chi connectivity index (χ2n) is 3.96. The molecule has 1 heterocycles. The minimum atomic E-state index is -0.313. The zero-order valence-corrected chi connectivity index (χ0v) is 10.5. The Morgan fingerprint density at radius 2 is 2.25 bits per heavy atom. The molecule has 0 spiro atoms. The van der Waals surface area contributed by atoms with Crippen molar-refractivity contribution in [2.45, 2.75) is 6.54 Å². The number of hydrogen-bond donors (Lipinski definition) is 3. The van der Waals surface area contributed by atoms with E-state index in [1.807, 2.05) is 6.07 Å². The van der Waals surface area contributed by atoms with E-state index in [4.69, 9.17) is 10.9 Å². The largest absolute Gasteiger partial charge is 0.409 e. The Morgan fingerprint density at radius 1 is 1.40 bits per heavy atom. The first-order valence-electron chi connectivity index (χ1n) is 5.82. The summed E-state index contributed by atoms with van der Waals surface area (Å²) >= 11 is 0. The lowest BCUT2D eigenvalue weighted by Crippen LogP contribution is -2.24. The number of rotatable bonds is 4. The fourth-order valence-corrected chi connectivity index (χ4v) is 1.59. The molecule has 4 N–H and O–H groups in total. The number of benzene rings is 1. The Hall–Kier alpha value is -2.96. The van der Waals surface area contributed by atoms with Crippen LogP contribution in [0.25, 0.3) is 0 Å². The molecule has 0 aliphatic carbocycles. The normalized spacial score (nSPS) is 11.1. The monoisotopic (exact) mass is 271 g/mol. The predicted molar refractivity (Wildman–Crippen MR) is 72.2 cm³/mol. The van der Waals surface area contributed by atoms with Crippen molar-refractivity contribution in [3.05, 3.63) is 59.7 Å². The molecule has 1 aromatic heterocycles. The Morgan fingerprint density at radius 3 is 2.95 bits per heavy atom. The summed E-state index contributed by atoms with van der Waals surface area (Å²) in [5.74, 6) is -0.292. The van der Waals surface area contributed by atoms with E-state index < -0.39 is 0 Å². The molecule has 2 rings (SSSR count). The van der Waals surface area contributed by atoms with E-state index in [9.17, 15) is 4.79 Å². The fourth-order valence-electron chi connectivity index (χ4n) is 1.59. The van der Waals surface area contributed by atoms with Crippen molar-refractivity contribution in [2.75, 3.05) is 0 Å². The number of oxime groups is 1. The number of nitrogens with zero attached hydrogens (tertiary/aromatic N) is 3.